The Hall–Kier alpha value is -2.80. The van der Waals surface area contributed by atoms with E-state index in [1.165, 1.54) is 24.3 Å². The minimum Gasteiger partial charge on any atom is -0.339 e. The molecule has 148 valence electrons. The summed E-state index contributed by atoms with van der Waals surface area (Å²) >= 11 is 5.17. The second-order valence-corrected chi connectivity index (χ2v) is 6.70. The zero-order valence-electron chi connectivity index (χ0n) is 16.0. The average molecular weight is 402 g/mol. The van der Waals surface area contributed by atoms with E-state index in [0.29, 0.717) is 29.9 Å². The Morgan fingerprint density at radius 2 is 1.64 bits per heavy atom. The van der Waals surface area contributed by atoms with Crippen molar-refractivity contribution < 1.29 is 14.0 Å². The summed E-state index contributed by atoms with van der Waals surface area (Å²) in [5.74, 6) is -0.894. The molecule has 5 nitrogen and oxygen atoms in total. The van der Waals surface area contributed by atoms with Crippen molar-refractivity contribution in [3.05, 3.63) is 65.5 Å². The van der Waals surface area contributed by atoms with Gasteiger partial charge in [-0.25, -0.2) is 4.39 Å². The zero-order chi connectivity index (χ0) is 20.5. The SMILES string of the molecule is CCCN(CCC)C(=O)c1cccc(NC(=S)NC(=O)c2ccc(F)cc2)c1. The summed E-state index contributed by atoms with van der Waals surface area (Å²) in [6.07, 6.45) is 1.78. The molecule has 0 aliphatic rings. The maximum absolute atomic E-state index is 13.0. The summed E-state index contributed by atoms with van der Waals surface area (Å²) in [4.78, 5) is 26.7. The number of halogens is 1. The third-order valence-corrected chi connectivity index (χ3v) is 4.18. The van der Waals surface area contributed by atoms with Crippen LogP contribution in [0, 0.1) is 5.82 Å². The van der Waals surface area contributed by atoms with Crippen LogP contribution in [-0.2, 0) is 0 Å². The first-order chi connectivity index (χ1) is 13.4. The number of carbonyl (C=O) groups excluding carboxylic acids is 2. The first-order valence-corrected chi connectivity index (χ1v) is 9.62. The number of amides is 2. The first kappa shape index (κ1) is 21.5. The molecule has 0 aliphatic carbocycles. The van der Waals surface area contributed by atoms with Gasteiger partial charge in [0.15, 0.2) is 5.11 Å². The Morgan fingerprint density at radius 1 is 1.00 bits per heavy atom. The van der Waals surface area contributed by atoms with Gasteiger partial charge in [-0.05, 0) is 67.5 Å². The minimum absolute atomic E-state index is 0.0337. The molecule has 2 N–H and O–H groups in total. The highest BCUT2D eigenvalue weighted by Gasteiger charge is 2.15. The molecule has 0 saturated carbocycles. The van der Waals surface area contributed by atoms with Crippen molar-refractivity contribution in [1.29, 1.82) is 0 Å². The van der Waals surface area contributed by atoms with E-state index in [0.717, 1.165) is 12.8 Å². The van der Waals surface area contributed by atoms with Gasteiger partial charge in [0.25, 0.3) is 11.8 Å². The van der Waals surface area contributed by atoms with E-state index in [1.807, 2.05) is 18.7 Å². The van der Waals surface area contributed by atoms with Gasteiger partial charge in [-0.2, -0.15) is 0 Å². The van der Waals surface area contributed by atoms with Crippen LogP contribution in [-0.4, -0.2) is 34.9 Å². The highest BCUT2D eigenvalue weighted by molar-refractivity contribution is 7.80. The van der Waals surface area contributed by atoms with Crippen LogP contribution in [0.3, 0.4) is 0 Å². The first-order valence-electron chi connectivity index (χ1n) is 9.21. The molecule has 0 heterocycles. The van der Waals surface area contributed by atoms with Gasteiger partial charge in [-0.3, -0.25) is 14.9 Å². The van der Waals surface area contributed by atoms with Crippen molar-refractivity contribution in [3.8, 4) is 0 Å². The molecule has 0 aromatic heterocycles. The molecule has 28 heavy (non-hydrogen) atoms. The van der Waals surface area contributed by atoms with Gasteiger partial charge < -0.3 is 10.2 Å². The summed E-state index contributed by atoms with van der Waals surface area (Å²) in [7, 11) is 0. The standard InChI is InChI=1S/C21H24FN3O2S/c1-3-12-25(13-4-2)20(27)16-6-5-7-18(14-16)23-21(28)24-19(26)15-8-10-17(22)11-9-15/h5-11,14H,3-4,12-13H2,1-2H3,(H2,23,24,26,28). The van der Waals surface area contributed by atoms with Gasteiger partial charge in [0.05, 0.1) is 0 Å². The lowest BCUT2D eigenvalue weighted by molar-refractivity contribution is 0.0755. The zero-order valence-corrected chi connectivity index (χ0v) is 16.8. The highest BCUT2D eigenvalue weighted by atomic mass is 32.1. The second-order valence-electron chi connectivity index (χ2n) is 6.29. The largest absolute Gasteiger partial charge is 0.339 e. The van der Waals surface area contributed by atoms with Crippen LogP contribution in [0.5, 0.6) is 0 Å². The van der Waals surface area contributed by atoms with Gasteiger partial charge in [-0.15, -0.1) is 0 Å². The maximum atomic E-state index is 13.0. The summed E-state index contributed by atoms with van der Waals surface area (Å²) in [6, 6.07) is 12.2. The number of rotatable bonds is 7. The van der Waals surface area contributed by atoms with E-state index in [9.17, 15) is 14.0 Å². The fourth-order valence-corrected chi connectivity index (χ4v) is 2.92. The van der Waals surface area contributed by atoms with Crippen LogP contribution in [0.4, 0.5) is 10.1 Å². The van der Waals surface area contributed by atoms with E-state index < -0.39 is 11.7 Å². The normalized spacial score (nSPS) is 10.2. The van der Waals surface area contributed by atoms with Crippen LogP contribution in [0.1, 0.15) is 47.4 Å². The summed E-state index contributed by atoms with van der Waals surface area (Å²) < 4.78 is 13.0. The molecule has 2 aromatic rings. The van der Waals surface area contributed by atoms with Crippen LogP contribution in [0.2, 0.25) is 0 Å². The van der Waals surface area contributed by atoms with E-state index in [-0.39, 0.29) is 11.0 Å². The average Bonchev–Trinajstić information content (AvgIpc) is 2.67. The number of nitrogens with one attached hydrogen (secondary N) is 2. The molecular formula is C21H24FN3O2S. The number of nitrogens with zero attached hydrogens (tertiary/aromatic N) is 1. The molecule has 2 rings (SSSR count). The molecule has 0 fully saturated rings. The fourth-order valence-electron chi connectivity index (χ4n) is 2.71. The van der Waals surface area contributed by atoms with Crippen molar-refractivity contribution >= 4 is 34.8 Å². The van der Waals surface area contributed by atoms with Crippen LogP contribution >= 0.6 is 12.2 Å². The van der Waals surface area contributed by atoms with Gasteiger partial charge in [0.2, 0.25) is 0 Å². The molecule has 0 bridgehead atoms. The Labute approximate surface area is 169 Å². The van der Waals surface area contributed by atoms with Gasteiger partial charge >= 0.3 is 0 Å². The topological polar surface area (TPSA) is 61.4 Å². The third-order valence-electron chi connectivity index (χ3n) is 3.98. The van der Waals surface area contributed by atoms with Crippen LogP contribution in [0.25, 0.3) is 0 Å². The molecule has 0 saturated heterocycles. The Bertz CT molecular complexity index is 834. The fraction of sp³-hybridized carbons (Fsp3) is 0.286. The highest BCUT2D eigenvalue weighted by Crippen LogP contribution is 2.14. The summed E-state index contributed by atoms with van der Waals surface area (Å²) in [5.41, 5.74) is 1.45. The maximum Gasteiger partial charge on any atom is 0.257 e. The number of anilines is 1. The molecule has 0 spiro atoms. The minimum atomic E-state index is -0.443. The van der Waals surface area contributed by atoms with Crippen LogP contribution < -0.4 is 10.6 Å². The molecule has 0 atom stereocenters. The quantitative estimate of drug-likeness (QED) is 0.682. The van der Waals surface area contributed by atoms with Gasteiger partial charge in [0.1, 0.15) is 5.82 Å². The van der Waals surface area contributed by atoms with Crippen molar-refractivity contribution in [2.75, 3.05) is 18.4 Å². The van der Waals surface area contributed by atoms with E-state index in [4.69, 9.17) is 12.2 Å². The summed E-state index contributed by atoms with van der Waals surface area (Å²) in [5, 5.41) is 5.54. The molecular weight excluding hydrogens is 377 g/mol. The van der Waals surface area contributed by atoms with Crippen LogP contribution in [0.15, 0.2) is 48.5 Å². The van der Waals surface area contributed by atoms with E-state index in [1.54, 1.807) is 24.3 Å². The lowest BCUT2D eigenvalue weighted by Gasteiger charge is -2.21. The van der Waals surface area contributed by atoms with E-state index >= 15 is 0 Å². The number of benzene rings is 2. The van der Waals surface area contributed by atoms with Crippen molar-refractivity contribution in [3.63, 3.8) is 0 Å². The second kappa shape index (κ2) is 10.5. The molecule has 0 radical (unpaired) electrons. The molecule has 2 amide bonds. The molecule has 0 unspecified atom stereocenters. The van der Waals surface area contributed by atoms with Crippen molar-refractivity contribution in [2.45, 2.75) is 26.7 Å². The molecule has 7 heteroatoms. The Balaban J connectivity index is 2.03. The lowest BCUT2D eigenvalue weighted by Crippen LogP contribution is -2.34. The molecule has 0 aliphatic heterocycles. The third kappa shape index (κ3) is 6.13. The van der Waals surface area contributed by atoms with Crippen molar-refractivity contribution in [2.24, 2.45) is 0 Å². The van der Waals surface area contributed by atoms with Gasteiger partial charge in [0, 0.05) is 29.9 Å². The monoisotopic (exact) mass is 401 g/mol. The number of thiocarbonyl (C=S) groups is 1. The Morgan fingerprint density at radius 3 is 2.25 bits per heavy atom. The Kier molecular flexibility index (Phi) is 8.07. The van der Waals surface area contributed by atoms with E-state index in [2.05, 4.69) is 10.6 Å². The number of hydrogen-bond donors (Lipinski definition) is 2. The lowest BCUT2D eigenvalue weighted by atomic mass is 10.1. The predicted octanol–water partition coefficient (Wildman–Crippen LogP) is 4.21. The summed E-state index contributed by atoms with van der Waals surface area (Å²) in [6.45, 7) is 5.49. The number of hydrogen-bond acceptors (Lipinski definition) is 3. The smallest absolute Gasteiger partial charge is 0.257 e. The number of carbonyl (C=O) groups is 2. The predicted molar refractivity (Wildman–Crippen MR) is 113 cm³/mol. The molecule has 2 aromatic carbocycles. The van der Waals surface area contributed by atoms with Gasteiger partial charge in [-0.1, -0.05) is 19.9 Å². The van der Waals surface area contributed by atoms with Crippen molar-refractivity contribution in [1.82, 2.24) is 10.2 Å².